The van der Waals surface area contributed by atoms with Crippen molar-refractivity contribution >= 4 is 17.8 Å². The second-order valence-corrected chi connectivity index (χ2v) is 4.67. The van der Waals surface area contributed by atoms with E-state index in [2.05, 4.69) is 0 Å². The number of methoxy groups -OCH3 is 1. The second-order valence-electron chi connectivity index (χ2n) is 4.67. The van der Waals surface area contributed by atoms with Crippen LogP contribution in [0.3, 0.4) is 0 Å². The first-order valence-corrected chi connectivity index (χ1v) is 6.55. The fourth-order valence-corrected chi connectivity index (χ4v) is 2.24. The van der Waals surface area contributed by atoms with Gasteiger partial charge in [0, 0.05) is 5.56 Å². The molecule has 0 unspecified atom stereocenters. The van der Waals surface area contributed by atoms with Gasteiger partial charge in [0.15, 0.2) is 11.5 Å². The van der Waals surface area contributed by atoms with Gasteiger partial charge in [-0.25, -0.2) is 4.79 Å². The van der Waals surface area contributed by atoms with Gasteiger partial charge in [-0.05, 0) is 24.3 Å². The molecule has 22 heavy (non-hydrogen) atoms. The van der Waals surface area contributed by atoms with Gasteiger partial charge in [-0.1, -0.05) is 24.3 Å². The van der Waals surface area contributed by atoms with Crippen LogP contribution in [0, 0.1) is 0 Å². The van der Waals surface area contributed by atoms with Gasteiger partial charge >= 0.3 is 5.97 Å². The Labute approximate surface area is 126 Å². The third-order valence-corrected chi connectivity index (χ3v) is 3.35. The lowest BCUT2D eigenvalue weighted by atomic mass is 9.97. The molecule has 1 heterocycles. The van der Waals surface area contributed by atoms with Crippen LogP contribution in [0.1, 0.15) is 15.9 Å². The maximum absolute atomic E-state index is 12.4. The number of phenols is 1. The summed E-state index contributed by atoms with van der Waals surface area (Å²) in [4.78, 5) is 24.4. The monoisotopic (exact) mass is 296 g/mol. The number of carbonyl (C=O) groups excluding carboxylic acids is 2. The van der Waals surface area contributed by atoms with Crippen molar-refractivity contribution in [1.82, 2.24) is 0 Å². The fraction of sp³-hybridized carbons (Fsp3) is 0.0588. The zero-order valence-corrected chi connectivity index (χ0v) is 11.7. The van der Waals surface area contributed by atoms with Crippen LogP contribution in [0.15, 0.2) is 48.0 Å². The molecular formula is C17H12O5. The number of ketones is 1. The standard InChI is InChI=1S/C17H12O5/c1-21-14-8-4-5-10(15(14)18)9-12-16(19)11-6-2-3-7-13(11)22-17(12)20/h2-9,18H,1H3. The zero-order chi connectivity index (χ0) is 15.7. The van der Waals surface area contributed by atoms with E-state index in [0.29, 0.717) is 11.1 Å². The van der Waals surface area contributed by atoms with Gasteiger partial charge in [0.25, 0.3) is 0 Å². The maximum atomic E-state index is 12.4. The molecule has 0 spiro atoms. The molecule has 1 aliphatic rings. The number of benzene rings is 2. The summed E-state index contributed by atoms with van der Waals surface area (Å²) in [5.74, 6) is -0.826. The highest BCUT2D eigenvalue weighted by atomic mass is 16.5. The molecule has 0 saturated carbocycles. The second kappa shape index (κ2) is 5.37. The summed E-state index contributed by atoms with van der Waals surface area (Å²) < 4.78 is 10.1. The van der Waals surface area contributed by atoms with Crippen LogP contribution < -0.4 is 9.47 Å². The number of rotatable bonds is 2. The molecule has 3 rings (SSSR count). The summed E-state index contributed by atoms with van der Waals surface area (Å²) in [6.07, 6.45) is 1.30. The largest absolute Gasteiger partial charge is 0.504 e. The van der Waals surface area contributed by atoms with Crippen LogP contribution in [0.25, 0.3) is 6.08 Å². The Morgan fingerprint density at radius 3 is 2.64 bits per heavy atom. The molecule has 0 aromatic heterocycles. The molecule has 0 amide bonds. The fourth-order valence-electron chi connectivity index (χ4n) is 2.24. The van der Waals surface area contributed by atoms with Crippen LogP contribution in [-0.2, 0) is 4.79 Å². The lowest BCUT2D eigenvalue weighted by Crippen LogP contribution is -2.24. The number of hydrogen-bond acceptors (Lipinski definition) is 5. The highest BCUT2D eigenvalue weighted by molar-refractivity contribution is 6.30. The van der Waals surface area contributed by atoms with Gasteiger partial charge in [0.2, 0.25) is 5.78 Å². The van der Waals surface area contributed by atoms with Crippen molar-refractivity contribution in [2.45, 2.75) is 0 Å². The summed E-state index contributed by atoms with van der Waals surface area (Å²) in [6, 6.07) is 11.3. The molecule has 2 aromatic carbocycles. The quantitative estimate of drug-likeness (QED) is 0.399. The van der Waals surface area contributed by atoms with Crippen LogP contribution in [0.4, 0.5) is 0 Å². The van der Waals surface area contributed by atoms with Crippen molar-refractivity contribution in [1.29, 1.82) is 0 Å². The normalized spacial score (nSPS) is 15.4. The van der Waals surface area contributed by atoms with Crippen molar-refractivity contribution < 1.29 is 24.2 Å². The van der Waals surface area contributed by atoms with E-state index < -0.39 is 11.8 Å². The van der Waals surface area contributed by atoms with E-state index in [-0.39, 0.29) is 22.8 Å². The average Bonchev–Trinajstić information content (AvgIpc) is 2.53. The van der Waals surface area contributed by atoms with Crippen molar-refractivity contribution in [2.75, 3.05) is 7.11 Å². The third kappa shape index (κ3) is 2.22. The molecule has 0 radical (unpaired) electrons. The minimum Gasteiger partial charge on any atom is -0.504 e. The highest BCUT2D eigenvalue weighted by Gasteiger charge is 2.30. The Bertz CT molecular complexity index is 804. The van der Waals surface area contributed by atoms with Gasteiger partial charge < -0.3 is 14.6 Å². The van der Waals surface area contributed by atoms with Crippen LogP contribution in [-0.4, -0.2) is 24.0 Å². The van der Waals surface area contributed by atoms with E-state index in [1.54, 1.807) is 42.5 Å². The van der Waals surface area contributed by atoms with Gasteiger partial charge in [-0.2, -0.15) is 0 Å². The average molecular weight is 296 g/mol. The Balaban J connectivity index is 2.09. The van der Waals surface area contributed by atoms with Crippen molar-refractivity contribution in [2.24, 2.45) is 0 Å². The van der Waals surface area contributed by atoms with Crippen LogP contribution >= 0.6 is 0 Å². The molecule has 110 valence electrons. The first-order valence-electron chi connectivity index (χ1n) is 6.55. The summed E-state index contributed by atoms with van der Waals surface area (Å²) in [5.41, 5.74) is 0.483. The number of fused-ring (bicyclic) bond motifs is 1. The molecule has 1 N–H and O–H groups in total. The van der Waals surface area contributed by atoms with E-state index in [1.165, 1.54) is 13.2 Å². The number of ether oxygens (including phenoxy) is 2. The summed E-state index contributed by atoms with van der Waals surface area (Å²) in [6.45, 7) is 0. The van der Waals surface area contributed by atoms with E-state index in [0.717, 1.165) is 0 Å². The van der Waals surface area contributed by atoms with E-state index in [1.807, 2.05) is 0 Å². The van der Waals surface area contributed by atoms with E-state index in [4.69, 9.17) is 9.47 Å². The van der Waals surface area contributed by atoms with E-state index >= 15 is 0 Å². The topological polar surface area (TPSA) is 72.8 Å². The van der Waals surface area contributed by atoms with Gasteiger partial charge in [0.1, 0.15) is 11.3 Å². The smallest absolute Gasteiger partial charge is 0.347 e. The number of carbonyl (C=O) groups is 2. The molecular weight excluding hydrogens is 284 g/mol. The molecule has 2 aromatic rings. The summed E-state index contributed by atoms with van der Waals surface area (Å²) in [5, 5.41) is 10.1. The number of aromatic hydroxyl groups is 1. The molecule has 0 bridgehead atoms. The van der Waals surface area contributed by atoms with Crippen LogP contribution in [0.2, 0.25) is 0 Å². The molecule has 0 aliphatic carbocycles. The predicted molar refractivity (Wildman–Crippen MR) is 79.0 cm³/mol. The van der Waals surface area contributed by atoms with Gasteiger partial charge in [0.05, 0.1) is 12.7 Å². The lowest BCUT2D eigenvalue weighted by Gasteiger charge is -2.16. The minimum atomic E-state index is -0.745. The SMILES string of the molecule is COc1cccc(C=C2C(=O)Oc3ccccc3C2=O)c1O. The zero-order valence-electron chi connectivity index (χ0n) is 11.7. The molecule has 5 nitrogen and oxygen atoms in total. The summed E-state index contributed by atoms with van der Waals surface area (Å²) >= 11 is 0. The molecule has 5 heteroatoms. The maximum Gasteiger partial charge on any atom is 0.347 e. The van der Waals surface area contributed by atoms with Gasteiger partial charge in [-0.15, -0.1) is 0 Å². The van der Waals surface area contributed by atoms with Crippen molar-refractivity contribution in [3.63, 3.8) is 0 Å². The van der Waals surface area contributed by atoms with Crippen molar-refractivity contribution in [3.8, 4) is 17.2 Å². The number of Topliss-reactive ketones (excluding diaryl/α,β-unsaturated/α-hetero) is 1. The lowest BCUT2D eigenvalue weighted by molar-refractivity contribution is -0.130. The third-order valence-electron chi connectivity index (χ3n) is 3.35. The predicted octanol–water partition coefficient (Wildman–Crippen LogP) is 2.59. The minimum absolute atomic E-state index is 0.137. The molecule has 0 saturated heterocycles. The highest BCUT2D eigenvalue weighted by Crippen LogP contribution is 2.33. The number of hydrogen-bond donors (Lipinski definition) is 1. The Morgan fingerprint density at radius 1 is 1.09 bits per heavy atom. The molecule has 0 atom stereocenters. The molecule has 1 aliphatic heterocycles. The molecule has 0 fully saturated rings. The number of phenolic OH excluding ortho intramolecular Hbond substituents is 1. The first kappa shape index (κ1) is 13.9. The van der Waals surface area contributed by atoms with Gasteiger partial charge in [-0.3, -0.25) is 4.79 Å². The van der Waals surface area contributed by atoms with E-state index in [9.17, 15) is 14.7 Å². The summed E-state index contributed by atoms with van der Waals surface area (Å²) in [7, 11) is 1.42. The Morgan fingerprint density at radius 2 is 1.86 bits per heavy atom. The van der Waals surface area contributed by atoms with Crippen LogP contribution in [0.5, 0.6) is 17.2 Å². The number of para-hydroxylation sites is 2. The Kier molecular flexibility index (Phi) is 3.39. The Hall–Kier alpha value is -3.08. The van der Waals surface area contributed by atoms with Crippen molar-refractivity contribution in [3.05, 3.63) is 59.2 Å². The number of esters is 1. The first-order chi connectivity index (χ1) is 10.6.